The van der Waals surface area contributed by atoms with Gasteiger partial charge in [0.2, 0.25) is 0 Å². The summed E-state index contributed by atoms with van der Waals surface area (Å²) in [5.41, 5.74) is 9.61. The molecule has 0 bridgehead atoms. The van der Waals surface area contributed by atoms with Crippen LogP contribution in [-0.4, -0.2) is 7.11 Å². The Balaban J connectivity index is 2.16. The lowest BCUT2D eigenvalue weighted by Crippen LogP contribution is -2.41. The van der Waals surface area contributed by atoms with Crippen LogP contribution in [0.5, 0.6) is 5.75 Å². The molecule has 4 heteroatoms. The first-order valence-electron chi connectivity index (χ1n) is 6.96. The van der Waals surface area contributed by atoms with Crippen molar-refractivity contribution in [3.63, 3.8) is 0 Å². The minimum atomic E-state index is -0.545. The first kappa shape index (κ1) is 14.7. The van der Waals surface area contributed by atoms with E-state index in [1.165, 1.54) is 5.56 Å². The van der Waals surface area contributed by atoms with Crippen molar-refractivity contribution in [3.05, 3.63) is 63.1 Å². The summed E-state index contributed by atoms with van der Waals surface area (Å²) in [5, 5.41) is 1.08. The number of ether oxygens (including phenoxy) is 1. The molecule has 2 N–H and O–H groups in total. The standard InChI is InChI=1S/C17H17Cl2NO/c1-21-13-6-4-11-3-2-8-17(20,14(11)10-13)12-5-7-15(18)16(19)9-12/h4-7,9-10H,2-3,8,20H2,1H3. The highest BCUT2D eigenvalue weighted by molar-refractivity contribution is 6.42. The Morgan fingerprint density at radius 1 is 1.10 bits per heavy atom. The molecule has 0 spiro atoms. The van der Waals surface area contributed by atoms with Crippen molar-refractivity contribution in [1.82, 2.24) is 0 Å². The van der Waals surface area contributed by atoms with Gasteiger partial charge in [-0.05, 0) is 60.2 Å². The lowest BCUT2D eigenvalue weighted by molar-refractivity contribution is 0.404. The minimum absolute atomic E-state index is 0.536. The molecule has 0 heterocycles. The number of methoxy groups -OCH3 is 1. The first-order valence-corrected chi connectivity index (χ1v) is 7.72. The molecule has 0 saturated heterocycles. The zero-order valence-electron chi connectivity index (χ0n) is 11.8. The van der Waals surface area contributed by atoms with Gasteiger partial charge >= 0.3 is 0 Å². The highest BCUT2D eigenvalue weighted by atomic mass is 35.5. The number of aryl methyl sites for hydroxylation is 1. The van der Waals surface area contributed by atoms with Gasteiger partial charge in [0.25, 0.3) is 0 Å². The molecule has 2 nitrogen and oxygen atoms in total. The molecule has 21 heavy (non-hydrogen) atoms. The Morgan fingerprint density at radius 3 is 2.62 bits per heavy atom. The molecule has 2 aromatic carbocycles. The molecule has 2 aromatic rings. The van der Waals surface area contributed by atoms with Gasteiger partial charge < -0.3 is 10.5 Å². The summed E-state index contributed by atoms with van der Waals surface area (Å²) in [6.45, 7) is 0. The van der Waals surface area contributed by atoms with E-state index in [1.807, 2.05) is 30.3 Å². The van der Waals surface area contributed by atoms with Crippen molar-refractivity contribution in [2.24, 2.45) is 5.73 Å². The van der Waals surface area contributed by atoms with Crippen LogP contribution in [0.15, 0.2) is 36.4 Å². The molecule has 1 unspecified atom stereocenters. The van der Waals surface area contributed by atoms with Crippen molar-refractivity contribution in [2.75, 3.05) is 7.11 Å². The fraction of sp³-hybridized carbons (Fsp3) is 0.294. The molecule has 1 atom stereocenters. The molecule has 110 valence electrons. The van der Waals surface area contributed by atoms with Gasteiger partial charge in [0, 0.05) is 0 Å². The van der Waals surface area contributed by atoms with E-state index >= 15 is 0 Å². The van der Waals surface area contributed by atoms with Crippen molar-refractivity contribution < 1.29 is 4.74 Å². The third kappa shape index (κ3) is 2.52. The van der Waals surface area contributed by atoms with Crippen LogP contribution in [-0.2, 0) is 12.0 Å². The summed E-state index contributed by atoms with van der Waals surface area (Å²) in [5.74, 6) is 0.825. The van der Waals surface area contributed by atoms with Gasteiger partial charge in [0.15, 0.2) is 0 Å². The molecule has 3 rings (SSSR count). The topological polar surface area (TPSA) is 35.2 Å². The lowest BCUT2D eigenvalue weighted by Gasteiger charge is -2.36. The van der Waals surface area contributed by atoms with Crippen LogP contribution in [0.4, 0.5) is 0 Å². The van der Waals surface area contributed by atoms with Crippen LogP contribution in [0.2, 0.25) is 10.0 Å². The maximum atomic E-state index is 6.78. The average Bonchev–Trinajstić information content (AvgIpc) is 2.50. The molecule has 0 amide bonds. The second kappa shape index (κ2) is 5.53. The Morgan fingerprint density at radius 2 is 1.90 bits per heavy atom. The second-order valence-electron chi connectivity index (χ2n) is 5.48. The molecule has 0 fully saturated rings. The van der Waals surface area contributed by atoms with E-state index in [-0.39, 0.29) is 0 Å². The zero-order chi connectivity index (χ0) is 15.0. The predicted molar refractivity (Wildman–Crippen MR) is 87.4 cm³/mol. The van der Waals surface area contributed by atoms with Crippen LogP contribution >= 0.6 is 23.2 Å². The quantitative estimate of drug-likeness (QED) is 0.881. The van der Waals surface area contributed by atoms with Crippen molar-refractivity contribution in [3.8, 4) is 5.75 Å². The molecule has 0 aromatic heterocycles. The van der Waals surface area contributed by atoms with Crippen LogP contribution < -0.4 is 10.5 Å². The van der Waals surface area contributed by atoms with Crippen LogP contribution in [0.25, 0.3) is 0 Å². The normalized spacial score (nSPS) is 21.0. The summed E-state index contributed by atoms with van der Waals surface area (Å²) in [4.78, 5) is 0. The second-order valence-corrected chi connectivity index (χ2v) is 6.29. The fourth-order valence-electron chi connectivity index (χ4n) is 3.08. The van der Waals surface area contributed by atoms with Crippen molar-refractivity contribution in [1.29, 1.82) is 0 Å². The third-order valence-corrected chi connectivity index (χ3v) is 4.99. The van der Waals surface area contributed by atoms with Gasteiger partial charge in [-0.25, -0.2) is 0 Å². The largest absolute Gasteiger partial charge is 0.497 e. The van der Waals surface area contributed by atoms with Crippen molar-refractivity contribution >= 4 is 23.2 Å². The van der Waals surface area contributed by atoms with Gasteiger partial charge in [-0.15, -0.1) is 0 Å². The number of hydrogen-bond donors (Lipinski definition) is 1. The number of fused-ring (bicyclic) bond motifs is 1. The molecular weight excluding hydrogens is 305 g/mol. The summed E-state index contributed by atoms with van der Waals surface area (Å²) >= 11 is 12.2. The molecule has 0 saturated carbocycles. The SMILES string of the molecule is COc1ccc2c(c1)C(N)(c1ccc(Cl)c(Cl)c1)CCC2. The zero-order valence-corrected chi connectivity index (χ0v) is 13.3. The highest BCUT2D eigenvalue weighted by Crippen LogP contribution is 2.41. The molecule has 1 aliphatic carbocycles. The average molecular weight is 322 g/mol. The van der Waals surface area contributed by atoms with Gasteiger partial charge in [0.05, 0.1) is 22.7 Å². The molecule has 1 aliphatic rings. The van der Waals surface area contributed by atoms with Crippen molar-refractivity contribution in [2.45, 2.75) is 24.8 Å². The van der Waals surface area contributed by atoms with Crippen LogP contribution in [0.1, 0.15) is 29.5 Å². The van der Waals surface area contributed by atoms with E-state index in [1.54, 1.807) is 7.11 Å². The van der Waals surface area contributed by atoms with E-state index < -0.39 is 5.54 Å². The molecule has 0 aliphatic heterocycles. The number of nitrogens with two attached hydrogens (primary N) is 1. The Labute approximate surface area is 134 Å². The maximum Gasteiger partial charge on any atom is 0.119 e. The minimum Gasteiger partial charge on any atom is -0.497 e. The predicted octanol–water partition coefficient (Wildman–Crippen LogP) is 4.54. The van der Waals surface area contributed by atoms with Gasteiger partial charge in [-0.2, -0.15) is 0 Å². The number of benzene rings is 2. The van der Waals surface area contributed by atoms with Crippen LogP contribution in [0, 0.1) is 0 Å². The smallest absolute Gasteiger partial charge is 0.119 e. The van der Waals surface area contributed by atoms with E-state index in [4.69, 9.17) is 33.7 Å². The summed E-state index contributed by atoms with van der Waals surface area (Å²) in [6.07, 6.45) is 2.97. The Hall–Kier alpha value is -1.22. The van der Waals surface area contributed by atoms with Gasteiger partial charge in [0.1, 0.15) is 5.75 Å². The fourth-order valence-corrected chi connectivity index (χ4v) is 3.38. The van der Waals surface area contributed by atoms with Gasteiger partial charge in [-0.1, -0.05) is 35.3 Å². The van der Waals surface area contributed by atoms with E-state index in [9.17, 15) is 0 Å². The summed E-state index contributed by atoms with van der Waals surface area (Å²) < 4.78 is 5.35. The van der Waals surface area contributed by atoms with E-state index in [0.29, 0.717) is 10.0 Å². The number of rotatable bonds is 2. The summed E-state index contributed by atoms with van der Waals surface area (Å²) in [6, 6.07) is 11.8. The Kier molecular flexibility index (Phi) is 3.87. The van der Waals surface area contributed by atoms with E-state index in [2.05, 4.69) is 6.07 Å². The number of hydrogen-bond acceptors (Lipinski definition) is 2. The maximum absolute atomic E-state index is 6.78. The van der Waals surface area contributed by atoms with Gasteiger partial charge in [-0.3, -0.25) is 0 Å². The highest BCUT2D eigenvalue weighted by Gasteiger charge is 2.35. The summed E-state index contributed by atoms with van der Waals surface area (Å²) in [7, 11) is 1.67. The number of halogens is 2. The van der Waals surface area contributed by atoms with E-state index in [0.717, 1.165) is 36.1 Å². The lowest BCUT2D eigenvalue weighted by atomic mass is 9.73. The van der Waals surface area contributed by atoms with Crippen LogP contribution in [0.3, 0.4) is 0 Å². The molecular formula is C17H17Cl2NO. The first-order chi connectivity index (χ1) is 10.0. The Bertz CT molecular complexity index is 686. The monoisotopic (exact) mass is 321 g/mol. The third-order valence-electron chi connectivity index (χ3n) is 4.25. The molecule has 0 radical (unpaired) electrons.